The molecule has 0 aliphatic rings. The van der Waals surface area contributed by atoms with E-state index in [2.05, 4.69) is 9.47 Å². The van der Waals surface area contributed by atoms with Gasteiger partial charge in [-0.25, -0.2) is 27.2 Å². The third-order valence-electron chi connectivity index (χ3n) is 3.17. The largest absolute Gasteiger partial charge is 0.466 e. The van der Waals surface area contributed by atoms with Crippen molar-refractivity contribution in [1.29, 1.82) is 0 Å². The molecule has 0 aliphatic carbocycles. The molecule has 0 fully saturated rings. The first kappa shape index (κ1) is 25.4. The molecule has 0 aromatic heterocycles. The van der Waals surface area contributed by atoms with Gasteiger partial charge in [0.05, 0.1) is 11.1 Å². The lowest BCUT2D eigenvalue weighted by molar-refractivity contribution is -0.349. The molecule has 0 radical (unpaired) electrons. The molecule has 2 atom stereocenters. The van der Waals surface area contributed by atoms with E-state index in [1.54, 1.807) is 0 Å². The zero-order chi connectivity index (χ0) is 23.7. The molecule has 0 saturated carbocycles. The number of halogens is 12. The quantitative estimate of drug-likeness (QED) is 0.438. The van der Waals surface area contributed by atoms with E-state index in [1.165, 1.54) is 0 Å². The first-order valence-electron chi connectivity index (χ1n) is 7.01. The highest BCUT2D eigenvalue weighted by molar-refractivity contribution is 5.93. The molecule has 0 spiro atoms. The van der Waals surface area contributed by atoms with Crippen molar-refractivity contribution in [2.75, 3.05) is 0 Å². The van der Waals surface area contributed by atoms with Gasteiger partial charge in [-0.2, -0.15) is 35.1 Å². The van der Waals surface area contributed by atoms with Gasteiger partial charge in [-0.15, -0.1) is 0 Å². The number of rotatable bonds is 6. The van der Waals surface area contributed by atoms with Gasteiger partial charge < -0.3 is 9.47 Å². The number of alkyl halides is 12. The fourth-order valence-electron chi connectivity index (χ4n) is 1.58. The van der Waals surface area contributed by atoms with E-state index in [4.69, 9.17) is 0 Å². The second-order valence-corrected chi connectivity index (χ2v) is 5.24. The Hall–Kier alpha value is -2.68. The normalized spacial score (nSPS) is 16.7. The molecule has 0 bridgehead atoms. The van der Waals surface area contributed by atoms with E-state index >= 15 is 0 Å². The van der Waals surface area contributed by atoms with Gasteiger partial charge in [0.25, 0.3) is 0 Å². The van der Waals surface area contributed by atoms with E-state index < -0.39 is 60.0 Å². The van der Waals surface area contributed by atoms with E-state index in [-0.39, 0.29) is 24.3 Å². The molecule has 0 heterocycles. The average molecular weight is 466 g/mol. The van der Waals surface area contributed by atoms with Crippen molar-refractivity contribution in [1.82, 2.24) is 0 Å². The van der Waals surface area contributed by atoms with Crippen LogP contribution in [0.3, 0.4) is 0 Å². The second kappa shape index (κ2) is 8.22. The molecular formula is C14H6F12O4. The summed E-state index contributed by atoms with van der Waals surface area (Å²) in [5, 5.41) is 0. The zero-order valence-corrected chi connectivity index (χ0v) is 13.6. The number of ether oxygens (including phenoxy) is 2. The summed E-state index contributed by atoms with van der Waals surface area (Å²) < 4.78 is 156. The maximum Gasteiger partial charge on any atom is 0.466 e. The minimum atomic E-state index is -6.35. The maximum atomic E-state index is 13.3. The number of carbonyl (C=O) groups is 2. The summed E-state index contributed by atoms with van der Waals surface area (Å²) in [5.74, 6) is -16.1. The fraction of sp³-hybridized carbons (Fsp3) is 0.429. The van der Waals surface area contributed by atoms with Gasteiger partial charge in [0.15, 0.2) is 0 Å². The SMILES string of the molecule is O=C(O[C@](F)(C(F)F)C(F)(F)F)c1ccc(C(=O)O[C@](F)(C(F)F)C(F)(F)F)cc1. The molecule has 1 rings (SSSR count). The molecule has 0 amide bonds. The second-order valence-electron chi connectivity index (χ2n) is 5.24. The van der Waals surface area contributed by atoms with E-state index in [0.717, 1.165) is 0 Å². The van der Waals surface area contributed by atoms with Crippen LogP contribution in [-0.4, -0.2) is 48.9 Å². The summed E-state index contributed by atoms with van der Waals surface area (Å²) in [7, 11) is 0. The Labute approximate surface area is 157 Å². The third-order valence-corrected chi connectivity index (χ3v) is 3.17. The van der Waals surface area contributed by atoms with Crippen LogP contribution in [0, 0.1) is 0 Å². The Balaban J connectivity index is 3.06. The number of benzene rings is 1. The van der Waals surface area contributed by atoms with Crippen LogP contribution in [0.1, 0.15) is 20.7 Å². The molecular weight excluding hydrogens is 460 g/mol. The molecule has 1 aromatic carbocycles. The highest BCUT2D eigenvalue weighted by Crippen LogP contribution is 2.41. The number of esters is 2. The number of carbonyl (C=O) groups excluding carboxylic acids is 2. The van der Waals surface area contributed by atoms with Crippen LogP contribution in [0.25, 0.3) is 0 Å². The predicted octanol–water partition coefficient (Wildman–Crippen LogP) is 4.99. The lowest BCUT2D eigenvalue weighted by Crippen LogP contribution is -2.51. The summed E-state index contributed by atoms with van der Waals surface area (Å²) >= 11 is 0. The maximum absolute atomic E-state index is 13.3. The van der Waals surface area contributed by atoms with Crippen molar-refractivity contribution in [3.8, 4) is 0 Å². The highest BCUT2D eigenvalue weighted by Gasteiger charge is 2.67. The standard InChI is InChI=1S/C14H6F12O4/c15-9(16)11(19,13(21,22)23)29-7(27)5-1-2-6(4-3-5)8(28)30-12(20,10(17)18)14(24,25)26/h1-4,9-10H/t11-,12-/m1/s1. The van der Waals surface area contributed by atoms with Crippen molar-refractivity contribution < 1.29 is 71.7 Å². The first-order chi connectivity index (χ1) is 13.4. The average Bonchev–Trinajstić information content (AvgIpc) is 2.59. The molecule has 16 heteroatoms. The van der Waals surface area contributed by atoms with Crippen LogP contribution >= 0.6 is 0 Å². The summed E-state index contributed by atoms with van der Waals surface area (Å²) in [6, 6.07) is 1.04. The molecule has 30 heavy (non-hydrogen) atoms. The van der Waals surface area contributed by atoms with Gasteiger partial charge in [0.1, 0.15) is 0 Å². The predicted molar refractivity (Wildman–Crippen MR) is 69.1 cm³/mol. The minimum Gasteiger partial charge on any atom is -0.411 e. The highest BCUT2D eigenvalue weighted by atomic mass is 19.4. The lowest BCUT2D eigenvalue weighted by Gasteiger charge is -2.26. The topological polar surface area (TPSA) is 52.6 Å². The fourth-order valence-corrected chi connectivity index (χ4v) is 1.58. The van der Waals surface area contributed by atoms with Gasteiger partial charge in [-0.05, 0) is 24.3 Å². The van der Waals surface area contributed by atoms with Gasteiger partial charge in [0, 0.05) is 0 Å². The number of hydrogen-bond donors (Lipinski definition) is 0. The van der Waals surface area contributed by atoms with Crippen molar-refractivity contribution in [3.63, 3.8) is 0 Å². The van der Waals surface area contributed by atoms with Crippen LogP contribution < -0.4 is 0 Å². The van der Waals surface area contributed by atoms with Crippen LogP contribution in [0.5, 0.6) is 0 Å². The Kier molecular flexibility index (Phi) is 6.94. The smallest absolute Gasteiger partial charge is 0.411 e. The van der Waals surface area contributed by atoms with Gasteiger partial charge in [-0.3, -0.25) is 0 Å². The van der Waals surface area contributed by atoms with E-state index in [1.807, 2.05) is 0 Å². The van der Waals surface area contributed by atoms with E-state index in [0.29, 0.717) is 0 Å². The van der Waals surface area contributed by atoms with Gasteiger partial charge in [-0.1, -0.05) is 0 Å². The zero-order valence-electron chi connectivity index (χ0n) is 13.6. The lowest BCUT2D eigenvalue weighted by atomic mass is 10.1. The Morgan fingerprint density at radius 2 is 0.833 bits per heavy atom. The summed E-state index contributed by atoms with van der Waals surface area (Å²) in [4.78, 5) is 22.8. The van der Waals surface area contributed by atoms with Crippen molar-refractivity contribution in [2.45, 2.75) is 36.9 Å². The van der Waals surface area contributed by atoms with Gasteiger partial charge in [0.2, 0.25) is 0 Å². The van der Waals surface area contributed by atoms with Crippen molar-refractivity contribution >= 4 is 11.9 Å². The summed E-state index contributed by atoms with van der Waals surface area (Å²) in [6.45, 7) is 0. The molecule has 170 valence electrons. The van der Waals surface area contributed by atoms with Crippen LogP contribution in [0.15, 0.2) is 24.3 Å². The van der Waals surface area contributed by atoms with Crippen LogP contribution in [0.4, 0.5) is 52.7 Å². The Morgan fingerprint density at radius 1 is 0.600 bits per heavy atom. The molecule has 0 aliphatic heterocycles. The van der Waals surface area contributed by atoms with Crippen molar-refractivity contribution in [3.05, 3.63) is 35.4 Å². The number of hydrogen-bond acceptors (Lipinski definition) is 4. The summed E-state index contributed by atoms with van der Waals surface area (Å²) in [5.41, 5.74) is -2.23. The monoisotopic (exact) mass is 466 g/mol. The summed E-state index contributed by atoms with van der Waals surface area (Å²) in [6.07, 6.45) is -22.4. The first-order valence-corrected chi connectivity index (χ1v) is 7.01. The van der Waals surface area contributed by atoms with Crippen LogP contribution in [-0.2, 0) is 9.47 Å². The van der Waals surface area contributed by atoms with E-state index in [9.17, 15) is 62.3 Å². The minimum absolute atomic E-state index is 0.261. The van der Waals surface area contributed by atoms with Gasteiger partial charge >= 0.3 is 48.9 Å². The van der Waals surface area contributed by atoms with Crippen LogP contribution in [0.2, 0.25) is 0 Å². The molecule has 4 nitrogen and oxygen atoms in total. The third kappa shape index (κ3) is 4.89. The Bertz CT molecular complexity index is 708. The molecule has 0 unspecified atom stereocenters. The molecule has 0 N–H and O–H groups in total. The molecule has 0 saturated heterocycles. The molecule has 1 aromatic rings. The Morgan fingerprint density at radius 3 is 1.00 bits per heavy atom. The van der Waals surface area contributed by atoms with Crippen molar-refractivity contribution in [2.24, 2.45) is 0 Å².